The van der Waals surface area contributed by atoms with Crippen LogP contribution in [0.1, 0.15) is 18.1 Å². The van der Waals surface area contributed by atoms with E-state index in [9.17, 15) is 18.3 Å². The molecule has 0 amide bonds. The number of anilines is 1. The molecule has 0 aliphatic heterocycles. The van der Waals surface area contributed by atoms with Crippen LogP contribution < -0.4 is 11.1 Å². The highest BCUT2D eigenvalue weighted by atomic mass is 19.4. The quantitative estimate of drug-likeness (QED) is 0.727. The molecule has 0 spiro atoms. The van der Waals surface area contributed by atoms with E-state index in [0.29, 0.717) is 12.1 Å². The summed E-state index contributed by atoms with van der Waals surface area (Å²) >= 11 is 0. The van der Waals surface area contributed by atoms with Gasteiger partial charge in [0, 0.05) is 17.8 Å². The third-order valence-corrected chi connectivity index (χ3v) is 2.75. The van der Waals surface area contributed by atoms with Crippen LogP contribution in [0.25, 0.3) is 0 Å². The van der Waals surface area contributed by atoms with Gasteiger partial charge in [-0.1, -0.05) is 24.6 Å². The smallest absolute Gasteiger partial charge is 0.398 e. The van der Waals surface area contributed by atoms with Crippen molar-refractivity contribution in [1.29, 1.82) is 0 Å². The number of alkyl halides is 3. The van der Waals surface area contributed by atoms with Gasteiger partial charge < -0.3 is 16.2 Å². The summed E-state index contributed by atoms with van der Waals surface area (Å²) in [7, 11) is 0. The fraction of sp³-hybridized carbons (Fsp3) is 0.500. The first kappa shape index (κ1) is 14.8. The molecule has 0 aromatic heterocycles. The Morgan fingerprint density at radius 1 is 1.33 bits per heavy atom. The topological polar surface area (TPSA) is 58.3 Å². The fourth-order valence-electron chi connectivity index (χ4n) is 1.68. The average Bonchev–Trinajstić information content (AvgIpc) is 2.27. The van der Waals surface area contributed by atoms with Crippen molar-refractivity contribution in [3.8, 4) is 0 Å². The van der Waals surface area contributed by atoms with Crippen molar-refractivity contribution in [2.45, 2.75) is 25.6 Å². The van der Waals surface area contributed by atoms with Crippen molar-refractivity contribution in [3.63, 3.8) is 0 Å². The summed E-state index contributed by atoms with van der Waals surface area (Å²) in [6.07, 6.45) is -4.79. The average molecular weight is 262 g/mol. The molecule has 0 bridgehead atoms. The molecule has 1 aromatic rings. The molecule has 3 nitrogen and oxygen atoms in total. The van der Waals surface area contributed by atoms with Crippen molar-refractivity contribution in [2.24, 2.45) is 0 Å². The van der Waals surface area contributed by atoms with Gasteiger partial charge in [0.05, 0.1) is 0 Å². The number of hydrogen-bond acceptors (Lipinski definition) is 3. The van der Waals surface area contributed by atoms with Gasteiger partial charge in [-0.2, -0.15) is 13.2 Å². The largest absolute Gasteiger partial charge is 0.422 e. The van der Waals surface area contributed by atoms with E-state index in [1.807, 2.05) is 0 Å². The number of nitrogens with two attached hydrogens (primary N) is 1. The standard InChI is InChI=1S/C12H17F3N2O/c1-3-17-7-11(18,12(13,14)15)9-6-8(2)4-5-10(9)16/h4-6,17-18H,3,7,16H2,1-2H3. The zero-order valence-corrected chi connectivity index (χ0v) is 10.3. The van der Waals surface area contributed by atoms with Gasteiger partial charge in [0.2, 0.25) is 0 Å². The third-order valence-electron chi connectivity index (χ3n) is 2.75. The van der Waals surface area contributed by atoms with Crippen molar-refractivity contribution < 1.29 is 18.3 Å². The van der Waals surface area contributed by atoms with Gasteiger partial charge in [-0.15, -0.1) is 0 Å². The van der Waals surface area contributed by atoms with Crippen molar-refractivity contribution in [2.75, 3.05) is 18.8 Å². The number of nitrogens with one attached hydrogen (secondary N) is 1. The molecule has 1 unspecified atom stereocenters. The molecule has 1 atom stereocenters. The van der Waals surface area contributed by atoms with E-state index in [1.54, 1.807) is 19.9 Å². The van der Waals surface area contributed by atoms with Gasteiger partial charge in [0.25, 0.3) is 0 Å². The maximum Gasteiger partial charge on any atom is 0.422 e. The van der Waals surface area contributed by atoms with Gasteiger partial charge in [0.1, 0.15) is 0 Å². The number of halogens is 3. The predicted molar refractivity (Wildman–Crippen MR) is 64.1 cm³/mol. The highest BCUT2D eigenvalue weighted by Gasteiger charge is 2.55. The summed E-state index contributed by atoms with van der Waals surface area (Å²) in [5.74, 6) is 0. The summed E-state index contributed by atoms with van der Waals surface area (Å²) in [6.45, 7) is 3.01. The molecule has 1 aromatic carbocycles. The van der Waals surface area contributed by atoms with Crippen LogP contribution in [0.2, 0.25) is 0 Å². The van der Waals surface area contributed by atoms with Crippen LogP contribution in [0.4, 0.5) is 18.9 Å². The highest BCUT2D eigenvalue weighted by molar-refractivity contribution is 5.52. The molecule has 0 heterocycles. The maximum atomic E-state index is 13.1. The first-order chi connectivity index (χ1) is 8.22. The van der Waals surface area contributed by atoms with Crippen molar-refractivity contribution >= 4 is 5.69 Å². The first-order valence-corrected chi connectivity index (χ1v) is 5.59. The molecule has 4 N–H and O–H groups in total. The summed E-state index contributed by atoms with van der Waals surface area (Å²) < 4.78 is 39.2. The minimum absolute atomic E-state index is 0.0710. The van der Waals surface area contributed by atoms with Gasteiger partial charge in [-0.25, -0.2) is 0 Å². The zero-order chi connectivity index (χ0) is 14.0. The molecular weight excluding hydrogens is 245 g/mol. The van der Waals surface area contributed by atoms with Crippen LogP contribution >= 0.6 is 0 Å². The molecule has 6 heteroatoms. The molecule has 0 fully saturated rings. The molecule has 0 radical (unpaired) electrons. The lowest BCUT2D eigenvalue weighted by atomic mass is 9.90. The second kappa shape index (κ2) is 5.16. The van der Waals surface area contributed by atoms with Crippen LogP contribution in [0.5, 0.6) is 0 Å². The SMILES string of the molecule is CCNCC(O)(c1cc(C)ccc1N)C(F)(F)F. The molecule has 0 aliphatic carbocycles. The van der Waals surface area contributed by atoms with Crippen LogP contribution in [0, 0.1) is 6.92 Å². The molecule has 18 heavy (non-hydrogen) atoms. The van der Waals surface area contributed by atoms with E-state index in [4.69, 9.17) is 5.73 Å². The van der Waals surface area contributed by atoms with E-state index >= 15 is 0 Å². The van der Waals surface area contributed by atoms with Gasteiger partial charge in [-0.05, 0) is 19.5 Å². The Kier molecular flexibility index (Phi) is 4.24. The first-order valence-electron chi connectivity index (χ1n) is 5.59. The molecule has 0 saturated carbocycles. The Balaban J connectivity index is 3.29. The number of benzene rings is 1. The molecule has 1 rings (SSSR count). The summed E-state index contributed by atoms with van der Waals surface area (Å²) in [5, 5.41) is 12.5. The minimum Gasteiger partial charge on any atom is -0.398 e. The number of aliphatic hydroxyl groups is 1. The molecular formula is C12H17F3N2O. The normalized spacial score (nSPS) is 15.4. The Morgan fingerprint density at radius 3 is 2.44 bits per heavy atom. The second-order valence-electron chi connectivity index (χ2n) is 4.23. The number of likely N-dealkylation sites (N-methyl/N-ethyl adjacent to an activating group) is 1. The van der Waals surface area contributed by atoms with E-state index in [-0.39, 0.29) is 11.3 Å². The van der Waals surface area contributed by atoms with Gasteiger partial charge >= 0.3 is 6.18 Å². The van der Waals surface area contributed by atoms with E-state index in [2.05, 4.69) is 5.32 Å². The summed E-state index contributed by atoms with van der Waals surface area (Å²) in [5.41, 5.74) is 2.81. The van der Waals surface area contributed by atoms with Crippen LogP contribution in [-0.4, -0.2) is 24.4 Å². The van der Waals surface area contributed by atoms with Crippen molar-refractivity contribution in [1.82, 2.24) is 5.32 Å². The van der Waals surface area contributed by atoms with Gasteiger partial charge in [0.15, 0.2) is 5.60 Å². The van der Waals surface area contributed by atoms with Crippen LogP contribution in [0.3, 0.4) is 0 Å². The van der Waals surface area contributed by atoms with E-state index in [1.165, 1.54) is 12.1 Å². The minimum atomic E-state index is -4.79. The van der Waals surface area contributed by atoms with Crippen molar-refractivity contribution in [3.05, 3.63) is 29.3 Å². The lowest BCUT2D eigenvalue weighted by Crippen LogP contribution is -2.50. The molecule has 0 aliphatic rings. The van der Waals surface area contributed by atoms with Crippen LogP contribution in [-0.2, 0) is 5.60 Å². The summed E-state index contributed by atoms with van der Waals surface area (Å²) in [6, 6.07) is 4.23. The highest BCUT2D eigenvalue weighted by Crippen LogP contribution is 2.41. The second-order valence-corrected chi connectivity index (χ2v) is 4.23. The number of hydrogen-bond donors (Lipinski definition) is 3. The van der Waals surface area contributed by atoms with Crippen LogP contribution in [0.15, 0.2) is 18.2 Å². The van der Waals surface area contributed by atoms with E-state index < -0.39 is 18.3 Å². The van der Waals surface area contributed by atoms with E-state index in [0.717, 1.165) is 0 Å². The number of aryl methyl sites for hydroxylation is 1. The Labute approximate surface area is 104 Å². The fourth-order valence-corrected chi connectivity index (χ4v) is 1.68. The zero-order valence-electron chi connectivity index (χ0n) is 10.3. The Hall–Kier alpha value is -1.27. The Bertz CT molecular complexity index is 420. The predicted octanol–water partition coefficient (Wildman–Crippen LogP) is 1.94. The summed E-state index contributed by atoms with van der Waals surface area (Å²) in [4.78, 5) is 0. The van der Waals surface area contributed by atoms with Gasteiger partial charge in [-0.3, -0.25) is 0 Å². The maximum absolute atomic E-state index is 13.1. The number of rotatable bonds is 4. The number of nitrogen functional groups attached to an aromatic ring is 1. The molecule has 102 valence electrons. The lowest BCUT2D eigenvalue weighted by molar-refractivity contribution is -0.264. The molecule has 0 saturated heterocycles. The Morgan fingerprint density at radius 2 is 1.94 bits per heavy atom. The lowest BCUT2D eigenvalue weighted by Gasteiger charge is -2.32. The monoisotopic (exact) mass is 262 g/mol. The third kappa shape index (κ3) is 2.76.